The maximum absolute atomic E-state index is 13.6. The third-order valence-corrected chi connectivity index (χ3v) is 8.74. The second-order valence-electron chi connectivity index (χ2n) is 10.8. The molecule has 2 amide bonds. The van der Waals surface area contributed by atoms with E-state index < -0.39 is 24.0 Å². The molecule has 1 aliphatic rings. The number of fused-ring (bicyclic) bond motifs is 3. The van der Waals surface area contributed by atoms with E-state index in [2.05, 4.69) is 20.9 Å². The number of carbonyl (C=O) groups is 3. The summed E-state index contributed by atoms with van der Waals surface area (Å²) in [5, 5.41) is 8.97. The summed E-state index contributed by atoms with van der Waals surface area (Å²) in [4.78, 5) is 56.2. The lowest BCUT2D eigenvalue weighted by molar-refractivity contribution is -0.119. The molecule has 0 saturated carbocycles. The number of methoxy groups -OCH3 is 4. The molecule has 2 atom stereocenters. The van der Waals surface area contributed by atoms with Crippen molar-refractivity contribution in [3.8, 4) is 28.4 Å². The molecule has 45 heavy (non-hydrogen) atoms. The van der Waals surface area contributed by atoms with Crippen molar-refractivity contribution < 1.29 is 33.3 Å². The van der Waals surface area contributed by atoms with E-state index >= 15 is 0 Å². The number of nitrogens with zero attached hydrogens (tertiary/aromatic N) is 1. The molecule has 0 fully saturated rings. The van der Waals surface area contributed by atoms with E-state index in [-0.39, 0.29) is 33.8 Å². The smallest absolute Gasteiger partial charge is 0.357 e. The van der Waals surface area contributed by atoms with Gasteiger partial charge in [-0.1, -0.05) is 19.9 Å². The summed E-state index contributed by atoms with van der Waals surface area (Å²) in [5.41, 5.74) is 2.84. The van der Waals surface area contributed by atoms with Crippen LogP contribution in [0.15, 0.2) is 29.1 Å². The number of aryl methyl sites for hydroxylation is 1. The topological polar surface area (TPSA) is 154 Å². The van der Waals surface area contributed by atoms with Gasteiger partial charge in [-0.3, -0.25) is 14.4 Å². The van der Waals surface area contributed by atoms with Gasteiger partial charge in [-0.25, -0.2) is 9.78 Å². The standard InChI is InChI=1S/C32H38N4O8S/c1-15(2)29-26(31(40)44-8)35-32(45-29)36-30(39)16(3)33-22-12-10-19-20(14-23(22)38)21(34-17(4)37)11-9-18-13-24(41-5)27(42-6)28(43-7)25(18)19/h10,12-16,21H,9,11H2,1-8H3,(H,33,38)(H,34,37)(H,35,36,39)/t16-,21-/m0/s1. The molecule has 3 aromatic rings. The minimum absolute atomic E-state index is 0.00787. The molecule has 0 aliphatic heterocycles. The highest BCUT2D eigenvalue weighted by Gasteiger charge is 2.30. The molecule has 0 spiro atoms. The van der Waals surface area contributed by atoms with Gasteiger partial charge >= 0.3 is 5.97 Å². The highest BCUT2D eigenvalue weighted by molar-refractivity contribution is 7.16. The maximum atomic E-state index is 13.6. The molecule has 0 bridgehead atoms. The van der Waals surface area contributed by atoms with Crippen LogP contribution in [0, 0.1) is 0 Å². The van der Waals surface area contributed by atoms with Crippen molar-refractivity contribution >= 4 is 39.9 Å². The van der Waals surface area contributed by atoms with Crippen LogP contribution in [0.5, 0.6) is 17.2 Å². The van der Waals surface area contributed by atoms with Crippen LogP contribution in [0.3, 0.4) is 0 Å². The molecule has 1 aromatic heterocycles. The minimum Gasteiger partial charge on any atom is -0.493 e. The van der Waals surface area contributed by atoms with E-state index in [1.807, 2.05) is 19.9 Å². The maximum Gasteiger partial charge on any atom is 0.357 e. The Hall–Kier alpha value is -4.65. The molecule has 2 aromatic carbocycles. The van der Waals surface area contributed by atoms with Gasteiger partial charge < -0.3 is 34.9 Å². The van der Waals surface area contributed by atoms with Crippen LogP contribution in [-0.4, -0.2) is 57.2 Å². The van der Waals surface area contributed by atoms with Crippen molar-refractivity contribution in [2.45, 2.75) is 58.5 Å². The second kappa shape index (κ2) is 14.0. The molecule has 3 N–H and O–H groups in total. The van der Waals surface area contributed by atoms with E-state index in [1.165, 1.54) is 45.7 Å². The van der Waals surface area contributed by atoms with Crippen molar-refractivity contribution in [1.82, 2.24) is 10.3 Å². The van der Waals surface area contributed by atoms with E-state index in [1.54, 1.807) is 26.2 Å². The van der Waals surface area contributed by atoms with Gasteiger partial charge in [-0.05, 0) is 60.6 Å². The van der Waals surface area contributed by atoms with Crippen molar-refractivity contribution in [2.75, 3.05) is 39.1 Å². The number of anilines is 2. The number of thiazole rings is 1. The van der Waals surface area contributed by atoms with Crippen LogP contribution < -0.4 is 35.6 Å². The summed E-state index contributed by atoms with van der Waals surface area (Å²) in [6.07, 6.45) is 1.09. The van der Waals surface area contributed by atoms with Gasteiger partial charge in [-0.15, -0.1) is 11.3 Å². The summed E-state index contributed by atoms with van der Waals surface area (Å²) in [5.74, 6) is 0.0562. The van der Waals surface area contributed by atoms with Gasteiger partial charge in [0.2, 0.25) is 23.0 Å². The molecule has 13 heteroatoms. The van der Waals surface area contributed by atoms with Crippen molar-refractivity contribution in [3.63, 3.8) is 0 Å². The Balaban J connectivity index is 1.75. The van der Waals surface area contributed by atoms with Gasteiger partial charge in [0.15, 0.2) is 22.3 Å². The Labute approximate surface area is 265 Å². The second-order valence-corrected chi connectivity index (χ2v) is 11.9. The van der Waals surface area contributed by atoms with Gasteiger partial charge in [0.05, 0.1) is 40.2 Å². The first kappa shape index (κ1) is 33.2. The molecule has 1 heterocycles. The number of benzene rings is 1. The highest BCUT2D eigenvalue weighted by Crippen LogP contribution is 2.50. The zero-order chi connectivity index (χ0) is 33.0. The fourth-order valence-electron chi connectivity index (χ4n) is 5.36. The average Bonchev–Trinajstić information content (AvgIpc) is 3.30. The fourth-order valence-corrected chi connectivity index (χ4v) is 6.32. The van der Waals surface area contributed by atoms with Gasteiger partial charge in [-0.2, -0.15) is 0 Å². The van der Waals surface area contributed by atoms with Crippen LogP contribution in [0.1, 0.15) is 72.6 Å². The van der Waals surface area contributed by atoms with Gasteiger partial charge in [0, 0.05) is 17.4 Å². The van der Waals surface area contributed by atoms with Crippen LogP contribution in [0.25, 0.3) is 11.1 Å². The van der Waals surface area contributed by atoms with E-state index in [0.29, 0.717) is 46.1 Å². The first-order valence-corrected chi connectivity index (χ1v) is 15.2. The molecule has 0 radical (unpaired) electrons. The largest absolute Gasteiger partial charge is 0.493 e. The SMILES string of the molecule is COC(=O)c1nc(NC(=O)[C@H](C)Nc2ccc3c(cc2=O)[C@@H](NC(C)=O)CCc2cc(OC)c(OC)c(OC)c2-3)sc1C(C)C. The lowest BCUT2D eigenvalue weighted by Crippen LogP contribution is -2.33. The summed E-state index contributed by atoms with van der Waals surface area (Å²) in [6, 6.07) is 5.41. The predicted molar refractivity (Wildman–Crippen MR) is 172 cm³/mol. The number of nitrogens with one attached hydrogen (secondary N) is 3. The first-order valence-electron chi connectivity index (χ1n) is 14.4. The van der Waals surface area contributed by atoms with Crippen LogP contribution in [-0.2, 0) is 20.7 Å². The minimum atomic E-state index is -0.856. The fraction of sp³-hybridized carbons (Fsp3) is 0.406. The zero-order valence-electron chi connectivity index (χ0n) is 26.6. The number of carbonyl (C=O) groups excluding carboxylic acids is 3. The van der Waals surface area contributed by atoms with E-state index in [4.69, 9.17) is 18.9 Å². The molecular formula is C32H38N4O8S. The Morgan fingerprint density at radius 3 is 2.31 bits per heavy atom. The molecule has 0 unspecified atom stereocenters. The van der Waals surface area contributed by atoms with Crippen molar-refractivity contribution in [1.29, 1.82) is 0 Å². The molecule has 240 valence electrons. The Morgan fingerprint density at radius 2 is 1.71 bits per heavy atom. The molecule has 4 rings (SSSR count). The normalized spacial score (nSPS) is 14.3. The summed E-state index contributed by atoms with van der Waals surface area (Å²) < 4.78 is 21.9. The molecule has 1 aliphatic carbocycles. The highest BCUT2D eigenvalue weighted by atomic mass is 32.1. The molecule has 12 nitrogen and oxygen atoms in total. The summed E-state index contributed by atoms with van der Waals surface area (Å²) in [7, 11) is 5.87. The number of rotatable bonds is 10. The summed E-state index contributed by atoms with van der Waals surface area (Å²) >= 11 is 1.19. The summed E-state index contributed by atoms with van der Waals surface area (Å²) in [6.45, 7) is 6.87. The van der Waals surface area contributed by atoms with Crippen molar-refractivity contribution in [3.05, 3.63) is 56.2 Å². The Morgan fingerprint density at radius 1 is 1.00 bits per heavy atom. The van der Waals surface area contributed by atoms with Crippen molar-refractivity contribution in [2.24, 2.45) is 0 Å². The first-order chi connectivity index (χ1) is 21.4. The average molecular weight is 639 g/mol. The van der Waals surface area contributed by atoms with Gasteiger partial charge in [0.25, 0.3) is 0 Å². The molecule has 0 saturated heterocycles. The quantitative estimate of drug-likeness (QED) is 0.267. The monoisotopic (exact) mass is 638 g/mol. The van der Waals surface area contributed by atoms with Crippen LogP contribution in [0.2, 0.25) is 0 Å². The van der Waals surface area contributed by atoms with Crippen LogP contribution >= 0.6 is 11.3 Å². The number of hydrogen-bond donors (Lipinski definition) is 3. The number of amides is 2. The molecular weight excluding hydrogens is 600 g/mol. The number of esters is 1. The predicted octanol–water partition coefficient (Wildman–Crippen LogP) is 4.67. The third-order valence-electron chi connectivity index (χ3n) is 7.47. The Kier molecular flexibility index (Phi) is 10.3. The van der Waals surface area contributed by atoms with Gasteiger partial charge in [0.1, 0.15) is 6.04 Å². The number of hydrogen-bond acceptors (Lipinski definition) is 11. The van der Waals surface area contributed by atoms with Crippen LogP contribution in [0.4, 0.5) is 10.8 Å². The number of ether oxygens (including phenoxy) is 4. The lowest BCUT2D eigenvalue weighted by Gasteiger charge is -2.19. The third kappa shape index (κ3) is 6.88. The number of aromatic nitrogens is 1. The lowest BCUT2D eigenvalue weighted by atomic mass is 9.95. The Bertz CT molecular complexity index is 1690. The van der Waals surface area contributed by atoms with E-state index in [9.17, 15) is 19.2 Å². The zero-order valence-corrected chi connectivity index (χ0v) is 27.4. The van der Waals surface area contributed by atoms with E-state index in [0.717, 1.165) is 11.1 Å².